The first kappa shape index (κ1) is 15.6. The minimum Gasteiger partial charge on any atom is -0.396 e. The molecule has 0 saturated carbocycles. The smallest absolute Gasteiger partial charge is 0.254 e. The monoisotopic (exact) mass is 271 g/mol. The van der Waals surface area contributed by atoms with E-state index in [1.54, 1.807) is 0 Å². The van der Waals surface area contributed by atoms with E-state index in [1.807, 2.05) is 13.8 Å². The third kappa shape index (κ3) is 3.99. The fourth-order valence-electron chi connectivity index (χ4n) is 1.78. The number of hydrogen-bond acceptors (Lipinski definition) is 2. The van der Waals surface area contributed by atoms with E-state index in [0.717, 1.165) is 12.1 Å². The summed E-state index contributed by atoms with van der Waals surface area (Å²) in [6, 6.07) is 1.62. The molecule has 1 rings (SSSR count). The van der Waals surface area contributed by atoms with E-state index >= 15 is 0 Å². The van der Waals surface area contributed by atoms with Crippen LogP contribution in [0.1, 0.15) is 36.2 Å². The Bertz CT molecular complexity index is 461. The summed E-state index contributed by atoms with van der Waals surface area (Å²) >= 11 is 0. The van der Waals surface area contributed by atoms with Crippen molar-refractivity contribution in [3.8, 4) is 0 Å². The molecule has 0 aliphatic rings. The SMILES string of the molecule is Cc1cc(F)c(C(=O)NC(CCO)C(C)C)cc1F. The molecule has 1 unspecified atom stereocenters. The van der Waals surface area contributed by atoms with Gasteiger partial charge in [0, 0.05) is 12.6 Å². The summed E-state index contributed by atoms with van der Waals surface area (Å²) in [7, 11) is 0. The van der Waals surface area contributed by atoms with Crippen molar-refractivity contribution in [1.29, 1.82) is 0 Å². The average molecular weight is 271 g/mol. The second-order valence-corrected chi connectivity index (χ2v) is 4.92. The topological polar surface area (TPSA) is 49.3 Å². The first-order chi connectivity index (χ1) is 8.86. The number of hydrogen-bond donors (Lipinski definition) is 2. The van der Waals surface area contributed by atoms with Gasteiger partial charge in [-0.2, -0.15) is 0 Å². The first-order valence-electron chi connectivity index (χ1n) is 6.24. The quantitative estimate of drug-likeness (QED) is 0.864. The molecule has 5 heteroatoms. The Balaban J connectivity index is 2.91. The van der Waals surface area contributed by atoms with Crippen molar-refractivity contribution in [3.63, 3.8) is 0 Å². The number of carbonyl (C=O) groups is 1. The first-order valence-corrected chi connectivity index (χ1v) is 6.24. The largest absolute Gasteiger partial charge is 0.396 e. The fraction of sp³-hybridized carbons (Fsp3) is 0.500. The van der Waals surface area contributed by atoms with E-state index in [1.165, 1.54) is 6.92 Å². The van der Waals surface area contributed by atoms with Crippen LogP contribution in [0.2, 0.25) is 0 Å². The Morgan fingerprint density at radius 1 is 1.32 bits per heavy atom. The lowest BCUT2D eigenvalue weighted by atomic mass is 10.0. The van der Waals surface area contributed by atoms with Crippen LogP contribution in [0.5, 0.6) is 0 Å². The predicted octanol–water partition coefficient (Wildman–Crippen LogP) is 2.41. The lowest BCUT2D eigenvalue weighted by Gasteiger charge is -2.21. The molecule has 0 spiro atoms. The zero-order valence-corrected chi connectivity index (χ0v) is 11.3. The number of amides is 1. The molecule has 1 amide bonds. The molecule has 1 aromatic rings. The van der Waals surface area contributed by atoms with Gasteiger partial charge >= 0.3 is 0 Å². The van der Waals surface area contributed by atoms with Gasteiger partial charge in [-0.25, -0.2) is 8.78 Å². The van der Waals surface area contributed by atoms with Crippen molar-refractivity contribution >= 4 is 5.91 Å². The van der Waals surface area contributed by atoms with E-state index in [-0.39, 0.29) is 29.7 Å². The second kappa shape index (κ2) is 6.61. The highest BCUT2D eigenvalue weighted by atomic mass is 19.1. The van der Waals surface area contributed by atoms with E-state index in [2.05, 4.69) is 5.32 Å². The van der Waals surface area contributed by atoms with Gasteiger partial charge < -0.3 is 10.4 Å². The maximum atomic E-state index is 13.6. The van der Waals surface area contributed by atoms with Crippen molar-refractivity contribution in [2.45, 2.75) is 33.2 Å². The van der Waals surface area contributed by atoms with Gasteiger partial charge in [0.25, 0.3) is 5.91 Å². The minimum absolute atomic E-state index is 0.0755. The molecule has 1 atom stereocenters. The number of benzene rings is 1. The summed E-state index contributed by atoms with van der Waals surface area (Å²) in [6.45, 7) is 5.12. The highest BCUT2D eigenvalue weighted by molar-refractivity contribution is 5.94. The fourth-order valence-corrected chi connectivity index (χ4v) is 1.78. The van der Waals surface area contributed by atoms with Crippen LogP contribution in [0, 0.1) is 24.5 Å². The molecule has 1 aromatic carbocycles. The van der Waals surface area contributed by atoms with Crippen LogP contribution in [0.25, 0.3) is 0 Å². The normalized spacial score (nSPS) is 12.6. The predicted molar refractivity (Wildman–Crippen MR) is 68.9 cm³/mol. The summed E-state index contributed by atoms with van der Waals surface area (Å²) in [6.07, 6.45) is 0.374. The van der Waals surface area contributed by atoms with Crippen LogP contribution >= 0.6 is 0 Å². The molecule has 0 radical (unpaired) electrons. The lowest BCUT2D eigenvalue weighted by Crippen LogP contribution is -2.39. The summed E-state index contributed by atoms with van der Waals surface area (Å²) in [5, 5.41) is 11.5. The Hall–Kier alpha value is -1.49. The number of carbonyl (C=O) groups excluding carboxylic acids is 1. The number of halogens is 2. The molecule has 19 heavy (non-hydrogen) atoms. The summed E-state index contributed by atoms with van der Waals surface area (Å²) in [5.41, 5.74) is -0.156. The minimum atomic E-state index is -0.747. The van der Waals surface area contributed by atoms with Crippen molar-refractivity contribution in [3.05, 3.63) is 34.9 Å². The lowest BCUT2D eigenvalue weighted by molar-refractivity contribution is 0.0912. The molecule has 0 bridgehead atoms. The van der Waals surface area contributed by atoms with Crippen molar-refractivity contribution in [2.75, 3.05) is 6.61 Å². The highest BCUT2D eigenvalue weighted by Gasteiger charge is 2.20. The Morgan fingerprint density at radius 2 is 1.95 bits per heavy atom. The van der Waals surface area contributed by atoms with Gasteiger partial charge in [-0.3, -0.25) is 4.79 Å². The zero-order chi connectivity index (χ0) is 14.6. The van der Waals surface area contributed by atoms with Crippen LogP contribution in [0.3, 0.4) is 0 Å². The van der Waals surface area contributed by atoms with E-state index in [9.17, 15) is 13.6 Å². The number of aliphatic hydroxyl groups is 1. The van der Waals surface area contributed by atoms with Gasteiger partial charge in [0.2, 0.25) is 0 Å². The second-order valence-electron chi connectivity index (χ2n) is 4.92. The maximum Gasteiger partial charge on any atom is 0.254 e. The summed E-state index contributed by atoms with van der Waals surface area (Å²) in [5.74, 6) is -1.93. The zero-order valence-electron chi connectivity index (χ0n) is 11.3. The molecule has 0 saturated heterocycles. The Kier molecular flexibility index (Phi) is 5.42. The molecule has 0 aliphatic heterocycles. The molecule has 0 fully saturated rings. The molecule has 0 heterocycles. The number of aliphatic hydroxyl groups excluding tert-OH is 1. The van der Waals surface area contributed by atoms with Crippen LogP contribution < -0.4 is 5.32 Å². The number of nitrogens with one attached hydrogen (secondary N) is 1. The van der Waals surface area contributed by atoms with E-state index in [0.29, 0.717) is 6.42 Å². The van der Waals surface area contributed by atoms with Gasteiger partial charge in [-0.05, 0) is 37.0 Å². The number of aryl methyl sites for hydroxylation is 1. The van der Waals surface area contributed by atoms with Gasteiger partial charge in [0.15, 0.2) is 0 Å². The highest BCUT2D eigenvalue weighted by Crippen LogP contribution is 2.15. The standard InChI is InChI=1S/C14H19F2NO2/c1-8(2)13(4-5-18)17-14(19)10-7-11(15)9(3)6-12(10)16/h6-8,13,18H,4-5H2,1-3H3,(H,17,19). The Morgan fingerprint density at radius 3 is 2.47 bits per heavy atom. The maximum absolute atomic E-state index is 13.6. The molecule has 3 nitrogen and oxygen atoms in total. The molecule has 0 aromatic heterocycles. The van der Waals surface area contributed by atoms with E-state index < -0.39 is 17.5 Å². The van der Waals surface area contributed by atoms with Crippen LogP contribution in [0.4, 0.5) is 8.78 Å². The van der Waals surface area contributed by atoms with Gasteiger partial charge in [-0.15, -0.1) is 0 Å². The molecule has 106 valence electrons. The third-order valence-corrected chi connectivity index (χ3v) is 3.05. The third-order valence-electron chi connectivity index (χ3n) is 3.05. The summed E-state index contributed by atoms with van der Waals surface area (Å²) < 4.78 is 27.0. The molecule has 2 N–H and O–H groups in total. The van der Waals surface area contributed by atoms with E-state index in [4.69, 9.17) is 5.11 Å². The van der Waals surface area contributed by atoms with Gasteiger partial charge in [-0.1, -0.05) is 13.8 Å². The molecule has 0 aliphatic carbocycles. The Labute approximate surface area is 111 Å². The van der Waals surface area contributed by atoms with Gasteiger partial charge in [0.1, 0.15) is 11.6 Å². The van der Waals surface area contributed by atoms with Gasteiger partial charge in [0.05, 0.1) is 5.56 Å². The van der Waals surface area contributed by atoms with Crippen molar-refractivity contribution in [2.24, 2.45) is 5.92 Å². The van der Waals surface area contributed by atoms with Crippen LogP contribution in [0.15, 0.2) is 12.1 Å². The van der Waals surface area contributed by atoms with Crippen LogP contribution in [-0.4, -0.2) is 23.7 Å². The van der Waals surface area contributed by atoms with Crippen LogP contribution in [-0.2, 0) is 0 Å². The van der Waals surface area contributed by atoms with Crippen molar-refractivity contribution in [1.82, 2.24) is 5.32 Å². The number of rotatable bonds is 5. The average Bonchev–Trinajstić information content (AvgIpc) is 2.32. The van der Waals surface area contributed by atoms with Crippen molar-refractivity contribution < 1.29 is 18.7 Å². The molecular weight excluding hydrogens is 252 g/mol. The summed E-state index contributed by atoms with van der Waals surface area (Å²) in [4.78, 5) is 11.9. The molecular formula is C14H19F2NO2.